The molecule has 0 bridgehead atoms. The van der Waals surface area contributed by atoms with E-state index in [1.807, 2.05) is 12.2 Å². The van der Waals surface area contributed by atoms with Gasteiger partial charge in [0.15, 0.2) is 0 Å². The van der Waals surface area contributed by atoms with Gasteiger partial charge in [-0.1, -0.05) is 209 Å². The number of aliphatic hydroxyl groups is 2. The number of aliphatic hydroxyl groups excluding tert-OH is 2. The number of allylic oxidation sites excluding steroid dienone is 13. The Bertz CT molecular complexity index is 1130. The lowest BCUT2D eigenvalue weighted by Crippen LogP contribution is -2.46. The van der Waals surface area contributed by atoms with E-state index >= 15 is 0 Å². The molecular weight excluding hydrogens is 719 g/mol. The molecule has 58 heavy (non-hydrogen) atoms. The molecule has 0 aliphatic carbocycles. The lowest BCUT2D eigenvalue weighted by molar-refractivity contribution is -0.150. The maximum Gasteiger partial charge on any atom is 0.306 e. The van der Waals surface area contributed by atoms with Gasteiger partial charge in [0.05, 0.1) is 25.2 Å². The van der Waals surface area contributed by atoms with Crippen molar-refractivity contribution in [2.75, 3.05) is 6.61 Å². The largest absolute Gasteiger partial charge is 0.461 e. The summed E-state index contributed by atoms with van der Waals surface area (Å²) in [6.45, 7) is 6.26. The number of carbonyl (C=O) groups excluding carboxylic acids is 2. The van der Waals surface area contributed by atoms with Crippen molar-refractivity contribution in [2.45, 2.75) is 225 Å². The number of amides is 1. The molecule has 0 spiro atoms. The van der Waals surface area contributed by atoms with E-state index in [0.29, 0.717) is 19.3 Å². The van der Waals surface area contributed by atoms with Crippen LogP contribution in [0.4, 0.5) is 0 Å². The minimum atomic E-state index is -0.815. The average molecular weight is 808 g/mol. The van der Waals surface area contributed by atoms with Gasteiger partial charge in [0.1, 0.15) is 6.10 Å². The Balaban J connectivity index is 4.77. The third kappa shape index (κ3) is 39.8. The zero-order chi connectivity index (χ0) is 42.4. The Morgan fingerprint density at radius 1 is 0.552 bits per heavy atom. The quantitative estimate of drug-likeness (QED) is 0.0247. The minimum Gasteiger partial charge on any atom is -0.461 e. The molecule has 0 saturated heterocycles. The fourth-order valence-corrected chi connectivity index (χ4v) is 6.64. The average Bonchev–Trinajstić information content (AvgIpc) is 3.22. The second-order valence-corrected chi connectivity index (χ2v) is 15.8. The van der Waals surface area contributed by atoms with Crippen LogP contribution in [0.2, 0.25) is 0 Å². The second kappa shape index (κ2) is 45.1. The summed E-state index contributed by atoms with van der Waals surface area (Å²) < 4.78 is 5.84. The van der Waals surface area contributed by atoms with Crippen LogP contribution in [0, 0.1) is 0 Å². The van der Waals surface area contributed by atoms with Crippen LogP contribution in [0.1, 0.15) is 207 Å². The zero-order valence-electron chi connectivity index (χ0n) is 37.6. The molecule has 0 aliphatic rings. The van der Waals surface area contributed by atoms with Gasteiger partial charge >= 0.3 is 5.97 Å². The van der Waals surface area contributed by atoms with Crippen LogP contribution in [-0.2, 0) is 14.3 Å². The van der Waals surface area contributed by atoms with Crippen molar-refractivity contribution >= 4 is 11.9 Å². The van der Waals surface area contributed by atoms with E-state index in [4.69, 9.17) is 4.74 Å². The topological polar surface area (TPSA) is 95.9 Å². The molecule has 0 aromatic carbocycles. The van der Waals surface area contributed by atoms with E-state index in [-0.39, 0.29) is 24.9 Å². The van der Waals surface area contributed by atoms with Crippen molar-refractivity contribution in [2.24, 2.45) is 0 Å². The predicted octanol–water partition coefficient (Wildman–Crippen LogP) is 14.0. The van der Waals surface area contributed by atoms with Crippen molar-refractivity contribution in [1.29, 1.82) is 0 Å². The maximum absolute atomic E-state index is 13.1. The van der Waals surface area contributed by atoms with E-state index in [0.717, 1.165) is 70.6 Å². The first-order chi connectivity index (χ1) is 28.5. The summed E-state index contributed by atoms with van der Waals surface area (Å²) >= 11 is 0. The summed E-state index contributed by atoms with van der Waals surface area (Å²) in [6, 6.07) is -0.735. The van der Waals surface area contributed by atoms with E-state index in [2.05, 4.69) is 99.0 Å². The van der Waals surface area contributed by atoms with Gasteiger partial charge in [0, 0.05) is 12.8 Å². The zero-order valence-corrected chi connectivity index (χ0v) is 37.6. The minimum absolute atomic E-state index is 0.00754. The summed E-state index contributed by atoms with van der Waals surface area (Å²) in [5.41, 5.74) is 0. The van der Waals surface area contributed by atoms with Crippen molar-refractivity contribution in [3.05, 3.63) is 85.1 Å². The van der Waals surface area contributed by atoms with Crippen LogP contribution in [0.3, 0.4) is 0 Å². The van der Waals surface area contributed by atoms with Crippen molar-refractivity contribution in [3.63, 3.8) is 0 Å². The van der Waals surface area contributed by atoms with E-state index in [1.165, 1.54) is 89.9 Å². The standard InChI is InChI=1S/C52H89NO5/c1-4-7-10-13-16-19-21-23-25-27-29-32-34-37-40-43-48(46-51(56)53-49(47-54)50(55)44-41-38-35-31-18-15-12-9-6-3)58-52(57)45-42-39-36-33-30-28-26-24-22-20-17-14-11-8-5-2/h8,11,14,16-17,19-20,22-23,25,29,32,37,40,48-50,54-55H,4-7,9-10,12-13,15,18,21,24,26-28,30-31,33-36,38-39,41-47H2,1-3H3,(H,53,56)/b11-8+,17-14+,19-16-,22-20+,25-23-,32-29-,40-37-. The first-order valence-corrected chi connectivity index (χ1v) is 23.8. The molecule has 0 saturated carbocycles. The molecule has 6 heteroatoms. The molecular formula is C52H89NO5. The summed E-state index contributed by atoms with van der Waals surface area (Å²) in [4.78, 5) is 26.0. The van der Waals surface area contributed by atoms with E-state index < -0.39 is 18.2 Å². The number of unbranched alkanes of at least 4 members (excludes halogenated alkanes) is 18. The van der Waals surface area contributed by atoms with Crippen LogP contribution in [0.5, 0.6) is 0 Å². The van der Waals surface area contributed by atoms with Gasteiger partial charge in [-0.3, -0.25) is 9.59 Å². The Morgan fingerprint density at radius 3 is 1.64 bits per heavy atom. The summed E-state index contributed by atoms with van der Waals surface area (Å²) in [7, 11) is 0. The van der Waals surface area contributed by atoms with Gasteiger partial charge in [-0.15, -0.1) is 0 Å². The summed E-state index contributed by atoms with van der Waals surface area (Å²) in [6.07, 6.45) is 58.0. The molecule has 332 valence electrons. The Labute approximate surface area is 357 Å². The van der Waals surface area contributed by atoms with Gasteiger partial charge in [0.2, 0.25) is 5.91 Å². The number of carbonyl (C=O) groups is 2. The monoisotopic (exact) mass is 808 g/mol. The van der Waals surface area contributed by atoms with Gasteiger partial charge in [-0.25, -0.2) is 0 Å². The molecule has 0 aromatic heterocycles. The van der Waals surface area contributed by atoms with E-state index in [1.54, 1.807) is 0 Å². The van der Waals surface area contributed by atoms with Crippen molar-refractivity contribution in [1.82, 2.24) is 5.32 Å². The smallest absolute Gasteiger partial charge is 0.306 e. The first kappa shape index (κ1) is 55.0. The molecule has 0 aromatic rings. The van der Waals surface area contributed by atoms with Crippen molar-refractivity contribution in [3.8, 4) is 0 Å². The fraction of sp³-hybridized carbons (Fsp3) is 0.692. The molecule has 0 heterocycles. The summed E-state index contributed by atoms with van der Waals surface area (Å²) in [5.74, 6) is -0.598. The molecule has 0 aliphatic heterocycles. The third-order valence-electron chi connectivity index (χ3n) is 10.3. The third-order valence-corrected chi connectivity index (χ3v) is 10.3. The molecule has 3 unspecified atom stereocenters. The molecule has 6 nitrogen and oxygen atoms in total. The Hall–Kier alpha value is -2.96. The van der Waals surface area contributed by atoms with Crippen LogP contribution in [0.25, 0.3) is 0 Å². The van der Waals surface area contributed by atoms with Gasteiger partial charge in [-0.2, -0.15) is 0 Å². The fourth-order valence-electron chi connectivity index (χ4n) is 6.64. The van der Waals surface area contributed by atoms with Crippen LogP contribution < -0.4 is 5.32 Å². The van der Waals surface area contributed by atoms with Gasteiger partial charge < -0.3 is 20.3 Å². The number of hydrogen-bond acceptors (Lipinski definition) is 5. The first-order valence-electron chi connectivity index (χ1n) is 23.8. The molecule has 0 fully saturated rings. The highest BCUT2D eigenvalue weighted by atomic mass is 16.5. The molecule has 0 radical (unpaired) electrons. The second-order valence-electron chi connectivity index (χ2n) is 15.8. The number of rotatable bonds is 41. The van der Waals surface area contributed by atoms with Gasteiger partial charge in [0.25, 0.3) is 0 Å². The Morgan fingerprint density at radius 2 is 1.03 bits per heavy atom. The normalized spacial score (nSPS) is 14.1. The van der Waals surface area contributed by atoms with Crippen LogP contribution in [0.15, 0.2) is 85.1 Å². The molecule has 3 N–H and O–H groups in total. The maximum atomic E-state index is 13.1. The highest BCUT2D eigenvalue weighted by Gasteiger charge is 2.23. The Kier molecular flexibility index (Phi) is 42.8. The lowest BCUT2D eigenvalue weighted by Gasteiger charge is -2.24. The van der Waals surface area contributed by atoms with Gasteiger partial charge in [-0.05, 0) is 64.2 Å². The SMILES string of the molecule is CC/C=C/C=C/C=C/CCCCCCCCCC(=O)OC(C/C=C\C/C=C\C/C=C\C/C=C\CCCCC)CC(=O)NC(CO)C(O)CCCCCCCCCCC. The predicted molar refractivity (Wildman–Crippen MR) is 250 cm³/mol. The number of hydrogen-bond donors (Lipinski definition) is 3. The molecule has 3 atom stereocenters. The highest BCUT2D eigenvalue weighted by molar-refractivity contribution is 5.77. The van der Waals surface area contributed by atoms with Crippen LogP contribution >= 0.6 is 0 Å². The summed E-state index contributed by atoms with van der Waals surface area (Å²) in [5, 5.41) is 23.6. The highest BCUT2D eigenvalue weighted by Crippen LogP contribution is 2.15. The number of esters is 1. The number of nitrogens with one attached hydrogen (secondary N) is 1. The van der Waals surface area contributed by atoms with Crippen LogP contribution in [-0.4, -0.2) is 46.9 Å². The lowest BCUT2D eigenvalue weighted by atomic mass is 10.0. The van der Waals surface area contributed by atoms with E-state index in [9.17, 15) is 19.8 Å². The van der Waals surface area contributed by atoms with Crippen molar-refractivity contribution < 1.29 is 24.5 Å². The molecule has 1 amide bonds. The molecule has 0 rings (SSSR count). The number of ether oxygens (including phenoxy) is 1.